The van der Waals surface area contributed by atoms with Crippen LogP contribution in [-0.4, -0.2) is 17.9 Å². The summed E-state index contributed by atoms with van der Waals surface area (Å²) in [6.07, 6.45) is 1.73. The largest absolute Gasteiger partial charge is 0.350 e. The summed E-state index contributed by atoms with van der Waals surface area (Å²) >= 11 is 8.00. The zero-order valence-electron chi connectivity index (χ0n) is 20.5. The second-order valence-corrected chi connectivity index (χ2v) is 10.7. The van der Waals surface area contributed by atoms with Crippen LogP contribution < -0.4 is 10.2 Å². The number of amides is 2. The van der Waals surface area contributed by atoms with Crippen LogP contribution in [0.3, 0.4) is 0 Å². The normalized spacial score (nSPS) is 13.4. The molecule has 2 amide bonds. The van der Waals surface area contributed by atoms with Gasteiger partial charge in [-0.05, 0) is 67.3 Å². The van der Waals surface area contributed by atoms with Crippen molar-refractivity contribution in [2.75, 3.05) is 4.90 Å². The van der Waals surface area contributed by atoms with E-state index in [0.717, 1.165) is 28.2 Å². The number of anilines is 1. The van der Waals surface area contributed by atoms with Crippen LogP contribution in [-0.2, 0) is 13.0 Å². The number of fused-ring (bicyclic) bond motifs is 2. The first-order chi connectivity index (χ1) is 18.0. The van der Waals surface area contributed by atoms with Crippen LogP contribution in [0.2, 0.25) is 5.02 Å². The fourth-order valence-corrected chi connectivity index (χ4v) is 5.68. The van der Waals surface area contributed by atoms with Crippen molar-refractivity contribution in [1.29, 1.82) is 0 Å². The maximum atomic E-state index is 13.8. The van der Waals surface area contributed by atoms with Crippen LogP contribution in [0.1, 0.15) is 45.2 Å². The van der Waals surface area contributed by atoms with E-state index in [2.05, 4.69) is 17.4 Å². The van der Waals surface area contributed by atoms with E-state index in [-0.39, 0.29) is 17.9 Å². The van der Waals surface area contributed by atoms with Gasteiger partial charge in [0, 0.05) is 26.4 Å². The van der Waals surface area contributed by atoms with Crippen molar-refractivity contribution in [3.05, 3.63) is 124 Å². The zero-order chi connectivity index (χ0) is 25.8. The molecule has 186 valence electrons. The Morgan fingerprint density at radius 3 is 2.46 bits per heavy atom. The van der Waals surface area contributed by atoms with Gasteiger partial charge >= 0.3 is 0 Å². The first-order valence-electron chi connectivity index (χ1n) is 12.3. The molecule has 0 aliphatic carbocycles. The molecule has 0 spiro atoms. The number of hydrogen-bond acceptors (Lipinski definition) is 3. The Balaban J connectivity index is 1.42. The lowest BCUT2D eigenvalue weighted by molar-refractivity contribution is 0.0935. The molecule has 1 aliphatic rings. The maximum absolute atomic E-state index is 13.8. The Kier molecular flexibility index (Phi) is 7.63. The highest BCUT2D eigenvalue weighted by molar-refractivity contribution is 7.99. The van der Waals surface area contributed by atoms with Gasteiger partial charge in [0.05, 0.1) is 17.8 Å². The number of nitrogens with one attached hydrogen (secondary N) is 1. The molecule has 0 radical (unpaired) electrons. The summed E-state index contributed by atoms with van der Waals surface area (Å²) in [4.78, 5) is 30.5. The van der Waals surface area contributed by atoms with Crippen LogP contribution in [0.15, 0.2) is 107 Å². The number of carbonyl (C=O) groups excluding carboxylic acids is 2. The average Bonchev–Trinajstić information content (AvgIpc) is 3.03. The summed E-state index contributed by atoms with van der Waals surface area (Å²) in [6.45, 7) is 2.32. The van der Waals surface area contributed by atoms with Crippen LogP contribution in [0.4, 0.5) is 5.69 Å². The van der Waals surface area contributed by atoms with Gasteiger partial charge in [0.2, 0.25) is 0 Å². The minimum Gasteiger partial charge on any atom is -0.350 e. The maximum Gasteiger partial charge on any atom is 0.259 e. The van der Waals surface area contributed by atoms with Crippen molar-refractivity contribution < 1.29 is 9.59 Å². The van der Waals surface area contributed by atoms with Gasteiger partial charge in [0.25, 0.3) is 11.8 Å². The molecule has 0 bridgehead atoms. The summed E-state index contributed by atoms with van der Waals surface area (Å²) in [5.74, 6) is -0.268. The van der Waals surface area contributed by atoms with Crippen molar-refractivity contribution in [2.45, 2.75) is 42.1 Å². The molecule has 0 aromatic heterocycles. The quantitative estimate of drug-likeness (QED) is 0.273. The van der Waals surface area contributed by atoms with E-state index in [4.69, 9.17) is 11.6 Å². The zero-order valence-corrected chi connectivity index (χ0v) is 22.1. The molecule has 0 saturated heterocycles. The van der Waals surface area contributed by atoms with Gasteiger partial charge in [0.15, 0.2) is 0 Å². The first-order valence-corrected chi connectivity index (χ1v) is 13.5. The molecule has 1 atom stereocenters. The molecule has 5 rings (SSSR count). The second kappa shape index (κ2) is 11.2. The van der Waals surface area contributed by atoms with Gasteiger partial charge in [-0.1, -0.05) is 84.0 Å². The fraction of sp³-hybridized carbons (Fsp3) is 0.161. The average molecular weight is 527 g/mol. The molecule has 0 fully saturated rings. The highest BCUT2D eigenvalue weighted by Crippen LogP contribution is 2.42. The summed E-state index contributed by atoms with van der Waals surface area (Å²) in [6, 6.07) is 31.0. The molecule has 1 aliphatic heterocycles. The van der Waals surface area contributed by atoms with Crippen molar-refractivity contribution >= 4 is 40.9 Å². The summed E-state index contributed by atoms with van der Waals surface area (Å²) in [5.41, 5.74) is 3.96. The number of nitrogens with zero attached hydrogens (tertiary/aromatic N) is 1. The van der Waals surface area contributed by atoms with Crippen LogP contribution in [0, 0.1) is 0 Å². The lowest BCUT2D eigenvalue weighted by Crippen LogP contribution is -2.33. The SMILES string of the molecule is CC(CCc1ccccc1)NC(=O)c1ccc2c(c1)N(Cc1ccccc1Cl)C(=O)c1ccccc1S2. The predicted octanol–water partition coefficient (Wildman–Crippen LogP) is 7.40. The van der Waals surface area contributed by atoms with Crippen LogP contribution in [0.25, 0.3) is 0 Å². The topological polar surface area (TPSA) is 49.4 Å². The third kappa shape index (κ3) is 5.74. The van der Waals surface area contributed by atoms with Gasteiger partial charge in [-0.25, -0.2) is 0 Å². The monoisotopic (exact) mass is 526 g/mol. The Morgan fingerprint density at radius 1 is 0.919 bits per heavy atom. The number of hydrogen-bond donors (Lipinski definition) is 1. The van der Waals surface area contributed by atoms with E-state index in [9.17, 15) is 9.59 Å². The van der Waals surface area contributed by atoms with Gasteiger partial charge in [0.1, 0.15) is 0 Å². The molecular formula is C31H27ClN2O2S. The summed E-state index contributed by atoms with van der Waals surface area (Å²) in [7, 11) is 0. The van der Waals surface area contributed by atoms with Gasteiger partial charge < -0.3 is 10.2 Å². The Hall–Kier alpha value is -3.54. The Labute approximate surface area is 226 Å². The second-order valence-electron chi connectivity index (χ2n) is 9.16. The molecule has 1 N–H and O–H groups in total. The smallest absolute Gasteiger partial charge is 0.259 e. The van der Waals surface area contributed by atoms with Crippen LogP contribution in [0.5, 0.6) is 0 Å². The van der Waals surface area contributed by atoms with E-state index in [1.807, 2.05) is 91.9 Å². The van der Waals surface area contributed by atoms with Gasteiger partial charge in [-0.15, -0.1) is 0 Å². The highest BCUT2D eigenvalue weighted by Gasteiger charge is 2.28. The lowest BCUT2D eigenvalue weighted by Gasteiger charge is -2.24. The van der Waals surface area contributed by atoms with Gasteiger partial charge in [-0.2, -0.15) is 0 Å². The van der Waals surface area contributed by atoms with E-state index in [0.29, 0.717) is 28.4 Å². The number of halogens is 1. The fourth-order valence-electron chi connectivity index (χ4n) is 4.42. The van der Waals surface area contributed by atoms with Crippen molar-refractivity contribution in [3.8, 4) is 0 Å². The molecule has 1 heterocycles. The third-order valence-electron chi connectivity index (χ3n) is 6.47. The molecule has 0 saturated carbocycles. The van der Waals surface area contributed by atoms with Crippen LogP contribution >= 0.6 is 23.4 Å². The van der Waals surface area contributed by atoms with Crippen molar-refractivity contribution in [1.82, 2.24) is 5.32 Å². The molecule has 4 aromatic carbocycles. The number of aryl methyl sites for hydroxylation is 1. The summed E-state index contributed by atoms with van der Waals surface area (Å²) in [5, 5.41) is 3.72. The molecule has 1 unspecified atom stereocenters. The first kappa shape index (κ1) is 25.1. The minimum absolute atomic E-state index is 0.00556. The standard InChI is InChI=1S/C31H27ClN2O2S/c1-21(15-16-22-9-3-2-4-10-22)33-30(35)23-17-18-29-27(19-23)34(20-24-11-5-7-13-26(24)32)31(36)25-12-6-8-14-28(25)37-29/h2-14,17-19,21H,15-16,20H2,1H3,(H,33,35). The minimum atomic E-state index is -0.153. The molecule has 6 heteroatoms. The van der Waals surface area contributed by atoms with Crippen molar-refractivity contribution in [3.63, 3.8) is 0 Å². The Bertz CT molecular complexity index is 1440. The summed E-state index contributed by atoms with van der Waals surface area (Å²) < 4.78 is 0. The van der Waals surface area contributed by atoms with Crippen molar-refractivity contribution in [2.24, 2.45) is 0 Å². The molecule has 4 aromatic rings. The highest BCUT2D eigenvalue weighted by atomic mass is 35.5. The Morgan fingerprint density at radius 2 is 1.65 bits per heavy atom. The number of rotatable bonds is 7. The molecule has 4 nitrogen and oxygen atoms in total. The molecular weight excluding hydrogens is 500 g/mol. The third-order valence-corrected chi connectivity index (χ3v) is 7.98. The van der Waals surface area contributed by atoms with E-state index < -0.39 is 0 Å². The molecule has 37 heavy (non-hydrogen) atoms. The lowest BCUT2D eigenvalue weighted by atomic mass is 10.1. The number of benzene rings is 4. The van der Waals surface area contributed by atoms with Gasteiger partial charge in [-0.3, -0.25) is 9.59 Å². The van der Waals surface area contributed by atoms with E-state index in [1.165, 1.54) is 17.3 Å². The van der Waals surface area contributed by atoms with E-state index in [1.54, 1.807) is 4.90 Å². The number of carbonyl (C=O) groups is 2. The van der Waals surface area contributed by atoms with E-state index >= 15 is 0 Å². The predicted molar refractivity (Wildman–Crippen MR) is 151 cm³/mol.